The molecule has 2 amide bonds. The molecule has 0 bridgehead atoms. The zero-order valence-electron chi connectivity index (χ0n) is 19.1. The van der Waals surface area contributed by atoms with Gasteiger partial charge in [-0.15, -0.1) is 0 Å². The topological polar surface area (TPSA) is 67.4 Å². The van der Waals surface area contributed by atoms with Crippen LogP contribution in [0.3, 0.4) is 0 Å². The van der Waals surface area contributed by atoms with Crippen LogP contribution in [0.4, 0.5) is 18.0 Å². The number of carbonyl (C=O) groups is 2. The third kappa shape index (κ3) is 4.91. The Morgan fingerprint density at radius 1 is 0.941 bits per heavy atom. The number of hydrogen-bond acceptors (Lipinski definition) is 3. The molecule has 2 aromatic carbocycles. The van der Waals surface area contributed by atoms with Gasteiger partial charge in [0.25, 0.3) is 0 Å². The van der Waals surface area contributed by atoms with Crippen LogP contribution in [-0.4, -0.2) is 37.4 Å². The van der Waals surface area contributed by atoms with Gasteiger partial charge in [0.15, 0.2) is 0 Å². The molecule has 0 unspecified atom stereocenters. The minimum absolute atomic E-state index is 0.0735. The summed E-state index contributed by atoms with van der Waals surface area (Å²) in [7, 11) is 0. The number of fused-ring (bicyclic) bond motifs is 3. The molecule has 0 aromatic heterocycles. The number of alkyl carbamates (subject to hydrolysis) is 1. The maximum absolute atomic E-state index is 13.4. The third-order valence-electron chi connectivity index (χ3n) is 6.91. The zero-order valence-corrected chi connectivity index (χ0v) is 19.1. The van der Waals surface area contributed by atoms with E-state index in [2.05, 4.69) is 17.6 Å². The number of ether oxygens (including phenoxy) is 1. The number of hydrogen-bond donors (Lipinski definition) is 2. The van der Waals surface area contributed by atoms with Crippen LogP contribution >= 0.6 is 0 Å². The van der Waals surface area contributed by atoms with Gasteiger partial charge in [0.05, 0.1) is 0 Å². The first-order valence-corrected chi connectivity index (χ1v) is 11.7. The molecule has 4 rings (SSSR count). The molecule has 182 valence electrons. The molecular formula is C26H29F3N2O3. The molecule has 2 aromatic rings. The summed E-state index contributed by atoms with van der Waals surface area (Å²) in [6, 6.07) is 14.5. The van der Waals surface area contributed by atoms with Crippen LogP contribution in [-0.2, 0) is 14.9 Å². The van der Waals surface area contributed by atoms with Crippen molar-refractivity contribution < 1.29 is 27.5 Å². The van der Waals surface area contributed by atoms with E-state index in [1.165, 1.54) is 0 Å². The van der Waals surface area contributed by atoms with E-state index >= 15 is 0 Å². The number of amides is 2. The largest absolute Gasteiger partial charge is 0.446 e. The van der Waals surface area contributed by atoms with Gasteiger partial charge in [-0.3, -0.25) is 4.79 Å². The molecule has 2 N–H and O–H groups in total. The lowest BCUT2D eigenvalue weighted by atomic mass is 9.74. The third-order valence-corrected chi connectivity index (χ3v) is 6.91. The average molecular weight is 475 g/mol. The zero-order chi connectivity index (χ0) is 24.3. The van der Waals surface area contributed by atoms with Gasteiger partial charge in [0.1, 0.15) is 18.1 Å². The Morgan fingerprint density at radius 3 is 2.06 bits per heavy atom. The van der Waals surface area contributed by atoms with E-state index in [0.717, 1.165) is 36.8 Å². The highest BCUT2D eigenvalue weighted by Gasteiger charge is 2.49. The van der Waals surface area contributed by atoms with E-state index in [-0.39, 0.29) is 19.1 Å². The van der Waals surface area contributed by atoms with Gasteiger partial charge in [-0.05, 0) is 60.3 Å². The molecule has 0 heterocycles. The minimum Gasteiger partial charge on any atom is -0.446 e. The molecule has 5 nitrogen and oxygen atoms in total. The summed E-state index contributed by atoms with van der Waals surface area (Å²) >= 11 is 0. The first-order chi connectivity index (χ1) is 16.2. The highest BCUT2D eigenvalue weighted by atomic mass is 19.4. The van der Waals surface area contributed by atoms with Crippen molar-refractivity contribution in [3.63, 3.8) is 0 Å². The fourth-order valence-electron chi connectivity index (χ4n) is 5.18. The highest BCUT2D eigenvalue weighted by Crippen LogP contribution is 2.50. The fourth-order valence-corrected chi connectivity index (χ4v) is 5.18. The smallest absolute Gasteiger partial charge is 0.407 e. The molecule has 8 heteroatoms. The number of nitrogens with one attached hydrogen (secondary N) is 2. The summed E-state index contributed by atoms with van der Waals surface area (Å²) in [5.41, 5.74) is 1.52. The van der Waals surface area contributed by atoms with Crippen LogP contribution in [0.2, 0.25) is 0 Å². The van der Waals surface area contributed by atoms with Crippen LogP contribution in [0.1, 0.15) is 50.2 Å². The summed E-state index contributed by atoms with van der Waals surface area (Å²) in [5, 5.41) is 4.81. The molecule has 0 saturated heterocycles. The Hall–Kier alpha value is -3.03. The lowest BCUT2D eigenvalue weighted by Gasteiger charge is -2.31. The van der Waals surface area contributed by atoms with Gasteiger partial charge in [-0.1, -0.05) is 55.5 Å². The first kappa shape index (κ1) is 24.1. The molecule has 1 fully saturated rings. The Kier molecular flexibility index (Phi) is 6.86. The standard InChI is InChI=1S/C26H29F3N2O3/c1-17-10-12-18(13-11-17)34-24(33)30-15-14-25(23(32)31-16-26(27,28)29)21-8-4-2-6-19(21)20-7-3-5-9-22(20)25/h2-9,17-18H,10-16H2,1H3,(H,30,33)(H,31,32). The van der Waals surface area contributed by atoms with E-state index in [9.17, 15) is 22.8 Å². The Morgan fingerprint density at radius 2 is 1.50 bits per heavy atom. The van der Waals surface area contributed by atoms with Crippen LogP contribution < -0.4 is 10.6 Å². The summed E-state index contributed by atoms with van der Waals surface area (Å²) < 4.78 is 44.3. The Bertz CT molecular complexity index is 1000. The van der Waals surface area contributed by atoms with Gasteiger partial charge in [-0.2, -0.15) is 13.2 Å². The Labute approximate surface area is 197 Å². The second-order valence-corrected chi connectivity index (χ2v) is 9.26. The second kappa shape index (κ2) is 9.68. The predicted octanol–water partition coefficient (Wildman–Crippen LogP) is 5.33. The lowest BCUT2D eigenvalue weighted by molar-refractivity contribution is -0.141. The first-order valence-electron chi connectivity index (χ1n) is 11.7. The summed E-state index contributed by atoms with van der Waals surface area (Å²) in [5.74, 6) is -0.112. The van der Waals surface area contributed by atoms with Crippen LogP contribution in [0.15, 0.2) is 48.5 Å². The molecule has 0 atom stereocenters. The van der Waals surface area contributed by atoms with Gasteiger partial charge in [-0.25, -0.2) is 4.79 Å². The number of halogens is 3. The van der Waals surface area contributed by atoms with Crippen molar-refractivity contribution in [3.8, 4) is 11.1 Å². The maximum Gasteiger partial charge on any atom is 0.407 e. The average Bonchev–Trinajstić information content (AvgIpc) is 3.10. The molecule has 0 aliphatic heterocycles. The molecule has 0 radical (unpaired) electrons. The minimum atomic E-state index is -4.53. The van der Waals surface area contributed by atoms with Gasteiger partial charge < -0.3 is 15.4 Å². The van der Waals surface area contributed by atoms with Crippen molar-refractivity contribution in [2.45, 2.75) is 56.7 Å². The molecule has 0 spiro atoms. The summed E-state index contributed by atoms with van der Waals surface area (Å²) in [6.45, 7) is 0.828. The molecule has 2 aliphatic rings. The highest BCUT2D eigenvalue weighted by molar-refractivity contribution is 6.00. The summed E-state index contributed by atoms with van der Waals surface area (Å²) in [6.07, 6.45) is -1.48. The Balaban J connectivity index is 1.55. The molecule has 1 saturated carbocycles. The predicted molar refractivity (Wildman–Crippen MR) is 122 cm³/mol. The SMILES string of the molecule is CC1CCC(OC(=O)NCCC2(C(=O)NCC(F)(F)F)c3ccccc3-c3ccccc32)CC1. The second-order valence-electron chi connectivity index (χ2n) is 9.26. The lowest BCUT2D eigenvalue weighted by Crippen LogP contribution is -2.48. The van der Waals surface area contributed by atoms with Crippen molar-refractivity contribution in [2.75, 3.05) is 13.1 Å². The van der Waals surface area contributed by atoms with Crippen LogP contribution in [0.25, 0.3) is 11.1 Å². The quantitative estimate of drug-likeness (QED) is 0.595. The summed E-state index contributed by atoms with van der Waals surface area (Å²) in [4.78, 5) is 25.8. The maximum atomic E-state index is 13.4. The van der Waals surface area contributed by atoms with Crippen LogP contribution in [0, 0.1) is 5.92 Å². The normalized spacial score (nSPS) is 20.7. The van der Waals surface area contributed by atoms with E-state index < -0.39 is 30.1 Å². The number of alkyl halides is 3. The van der Waals surface area contributed by atoms with Crippen LogP contribution in [0.5, 0.6) is 0 Å². The van der Waals surface area contributed by atoms with E-state index in [1.54, 1.807) is 24.3 Å². The van der Waals surface area contributed by atoms with Crippen molar-refractivity contribution in [2.24, 2.45) is 5.92 Å². The molecule has 34 heavy (non-hydrogen) atoms. The van der Waals surface area contributed by atoms with Gasteiger partial charge in [0, 0.05) is 6.54 Å². The van der Waals surface area contributed by atoms with E-state index in [0.29, 0.717) is 17.0 Å². The monoisotopic (exact) mass is 474 g/mol. The molecular weight excluding hydrogens is 445 g/mol. The van der Waals surface area contributed by atoms with Crippen molar-refractivity contribution in [3.05, 3.63) is 59.7 Å². The van der Waals surface area contributed by atoms with Crippen molar-refractivity contribution in [1.29, 1.82) is 0 Å². The van der Waals surface area contributed by atoms with Gasteiger partial charge >= 0.3 is 12.3 Å². The van der Waals surface area contributed by atoms with E-state index in [1.807, 2.05) is 24.3 Å². The van der Waals surface area contributed by atoms with Crippen molar-refractivity contribution >= 4 is 12.0 Å². The van der Waals surface area contributed by atoms with Crippen molar-refractivity contribution in [1.82, 2.24) is 10.6 Å². The fraction of sp³-hybridized carbons (Fsp3) is 0.462. The number of benzene rings is 2. The van der Waals surface area contributed by atoms with E-state index in [4.69, 9.17) is 4.74 Å². The van der Waals surface area contributed by atoms with Gasteiger partial charge in [0.2, 0.25) is 5.91 Å². The number of carbonyl (C=O) groups excluding carboxylic acids is 2. The number of rotatable bonds is 6. The molecule has 2 aliphatic carbocycles.